The zero-order valence-corrected chi connectivity index (χ0v) is 16.4. The Morgan fingerprint density at radius 3 is 2.53 bits per heavy atom. The number of benzene rings is 1. The van der Waals surface area contributed by atoms with Gasteiger partial charge in [0.2, 0.25) is 5.91 Å². The Bertz CT molecular complexity index is 1280. The van der Waals surface area contributed by atoms with Crippen LogP contribution < -0.4 is 10.9 Å². The number of carboxylic acids is 1. The van der Waals surface area contributed by atoms with Crippen LogP contribution in [0.1, 0.15) is 15.9 Å². The van der Waals surface area contributed by atoms with Gasteiger partial charge >= 0.3 is 5.97 Å². The van der Waals surface area contributed by atoms with Gasteiger partial charge in [-0.15, -0.1) is 11.3 Å². The molecule has 0 aliphatic carbocycles. The summed E-state index contributed by atoms with van der Waals surface area (Å²) in [6, 6.07) is 12.7. The Hall–Kier alpha value is -3.85. The Morgan fingerprint density at radius 2 is 1.83 bits per heavy atom. The average Bonchev–Trinajstić information content (AvgIpc) is 3.20. The standard InChI is InChI=1S/C21H16N4O4S/c26-16(23-10-13-4-2-1-3-5-13)11-25-18(14-6-8-22-9-7-14)24-19-17(20(25)27)15(12-30-19)21(28)29/h1-9,12H,10-11H2,(H,23,26)(H,28,29). The number of pyridine rings is 1. The van der Waals surface area contributed by atoms with Gasteiger partial charge in [-0.05, 0) is 17.7 Å². The van der Waals surface area contributed by atoms with E-state index in [1.165, 1.54) is 9.95 Å². The van der Waals surface area contributed by atoms with E-state index in [1.807, 2.05) is 30.3 Å². The molecule has 0 radical (unpaired) electrons. The highest BCUT2D eigenvalue weighted by Gasteiger charge is 2.21. The van der Waals surface area contributed by atoms with Gasteiger partial charge in [0.05, 0.1) is 10.9 Å². The van der Waals surface area contributed by atoms with Crippen molar-refractivity contribution in [2.45, 2.75) is 13.1 Å². The highest BCUT2D eigenvalue weighted by atomic mass is 32.1. The molecule has 0 spiro atoms. The molecule has 30 heavy (non-hydrogen) atoms. The van der Waals surface area contributed by atoms with Crippen molar-refractivity contribution in [3.63, 3.8) is 0 Å². The fourth-order valence-electron chi connectivity index (χ4n) is 3.05. The highest BCUT2D eigenvalue weighted by molar-refractivity contribution is 7.17. The van der Waals surface area contributed by atoms with E-state index in [9.17, 15) is 19.5 Å². The van der Waals surface area contributed by atoms with Crippen LogP contribution in [0, 0.1) is 0 Å². The van der Waals surface area contributed by atoms with Crippen LogP contribution in [0.5, 0.6) is 0 Å². The Morgan fingerprint density at radius 1 is 1.10 bits per heavy atom. The number of amides is 1. The lowest BCUT2D eigenvalue weighted by molar-refractivity contribution is -0.121. The number of hydrogen-bond donors (Lipinski definition) is 2. The second kappa shape index (κ2) is 8.26. The highest BCUT2D eigenvalue weighted by Crippen LogP contribution is 2.25. The van der Waals surface area contributed by atoms with E-state index in [-0.39, 0.29) is 29.2 Å². The molecule has 4 aromatic rings. The molecule has 3 heterocycles. The quantitative estimate of drug-likeness (QED) is 0.495. The first-order valence-corrected chi connectivity index (χ1v) is 9.89. The third-order valence-corrected chi connectivity index (χ3v) is 5.37. The van der Waals surface area contributed by atoms with Gasteiger partial charge in [0, 0.05) is 29.9 Å². The van der Waals surface area contributed by atoms with E-state index < -0.39 is 11.5 Å². The Labute approximate surface area is 174 Å². The number of nitrogens with zero attached hydrogens (tertiary/aromatic N) is 3. The lowest BCUT2D eigenvalue weighted by Gasteiger charge is -2.13. The van der Waals surface area contributed by atoms with Gasteiger partial charge < -0.3 is 10.4 Å². The van der Waals surface area contributed by atoms with Gasteiger partial charge in [-0.3, -0.25) is 19.1 Å². The van der Waals surface area contributed by atoms with Crippen molar-refractivity contribution >= 4 is 33.4 Å². The van der Waals surface area contributed by atoms with Crippen molar-refractivity contribution in [3.8, 4) is 11.4 Å². The SMILES string of the molecule is O=C(Cn1c(-c2ccncc2)nc2scc(C(=O)O)c2c1=O)NCc1ccccc1. The molecule has 0 aliphatic heterocycles. The van der Waals surface area contributed by atoms with Crippen LogP contribution in [-0.2, 0) is 17.9 Å². The second-order valence-electron chi connectivity index (χ2n) is 6.46. The summed E-state index contributed by atoms with van der Waals surface area (Å²) in [5.74, 6) is -1.31. The number of carboxylic acid groups (broad SMARTS) is 1. The van der Waals surface area contributed by atoms with E-state index in [1.54, 1.807) is 24.5 Å². The first-order chi connectivity index (χ1) is 14.5. The summed E-state index contributed by atoms with van der Waals surface area (Å²) in [7, 11) is 0. The smallest absolute Gasteiger partial charge is 0.337 e. The maximum atomic E-state index is 13.2. The van der Waals surface area contributed by atoms with Gasteiger partial charge in [-0.2, -0.15) is 0 Å². The van der Waals surface area contributed by atoms with Crippen molar-refractivity contribution in [1.29, 1.82) is 0 Å². The fraction of sp³-hybridized carbons (Fsp3) is 0.0952. The first-order valence-electron chi connectivity index (χ1n) is 9.01. The van der Waals surface area contributed by atoms with Gasteiger partial charge in [0.25, 0.3) is 5.56 Å². The number of fused-ring (bicyclic) bond motifs is 1. The summed E-state index contributed by atoms with van der Waals surface area (Å²) in [5, 5.41) is 13.6. The zero-order valence-electron chi connectivity index (χ0n) is 15.6. The number of hydrogen-bond acceptors (Lipinski definition) is 6. The van der Waals surface area contributed by atoms with Gasteiger partial charge in [-0.1, -0.05) is 30.3 Å². The molecule has 0 unspecified atom stereocenters. The zero-order chi connectivity index (χ0) is 21.1. The van der Waals surface area contributed by atoms with Crippen LogP contribution in [0.3, 0.4) is 0 Å². The van der Waals surface area contributed by atoms with E-state index in [0.717, 1.165) is 16.9 Å². The van der Waals surface area contributed by atoms with Crippen LogP contribution in [0.15, 0.2) is 65.0 Å². The molecule has 0 aliphatic rings. The van der Waals surface area contributed by atoms with Crippen molar-refractivity contribution in [2.75, 3.05) is 0 Å². The summed E-state index contributed by atoms with van der Waals surface area (Å²) >= 11 is 1.08. The molecule has 0 saturated heterocycles. The summed E-state index contributed by atoms with van der Waals surface area (Å²) in [6.07, 6.45) is 3.12. The molecule has 1 amide bonds. The number of carbonyl (C=O) groups excluding carboxylic acids is 1. The second-order valence-corrected chi connectivity index (χ2v) is 7.32. The first kappa shape index (κ1) is 19.5. The van der Waals surface area contributed by atoms with Crippen molar-refractivity contribution in [1.82, 2.24) is 19.9 Å². The fourth-order valence-corrected chi connectivity index (χ4v) is 3.95. The predicted molar refractivity (Wildman–Crippen MR) is 112 cm³/mol. The molecule has 150 valence electrons. The summed E-state index contributed by atoms with van der Waals surface area (Å²) in [6.45, 7) is 0.0225. The van der Waals surface area contributed by atoms with Gasteiger partial charge in [-0.25, -0.2) is 9.78 Å². The van der Waals surface area contributed by atoms with E-state index >= 15 is 0 Å². The van der Waals surface area contributed by atoms with Crippen LogP contribution in [0.2, 0.25) is 0 Å². The third-order valence-electron chi connectivity index (χ3n) is 4.50. The van der Waals surface area contributed by atoms with Crippen LogP contribution in [-0.4, -0.2) is 31.5 Å². The summed E-state index contributed by atoms with van der Waals surface area (Å²) in [4.78, 5) is 46.1. The van der Waals surface area contributed by atoms with Crippen molar-refractivity contribution in [2.24, 2.45) is 0 Å². The van der Waals surface area contributed by atoms with E-state index in [0.29, 0.717) is 16.9 Å². The third kappa shape index (κ3) is 3.83. The maximum absolute atomic E-state index is 13.2. The number of aromatic nitrogens is 3. The maximum Gasteiger partial charge on any atom is 0.337 e. The number of carbonyl (C=O) groups is 2. The molecule has 0 saturated carbocycles. The van der Waals surface area contributed by atoms with Crippen LogP contribution >= 0.6 is 11.3 Å². The summed E-state index contributed by atoms with van der Waals surface area (Å²) in [5.41, 5.74) is 0.838. The largest absolute Gasteiger partial charge is 0.478 e. The number of thiophene rings is 1. The molecular weight excluding hydrogens is 404 g/mol. The molecule has 9 heteroatoms. The van der Waals surface area contributed by atoms with Gasteiger partial charge in [0.1, 0.15) is 17.2 Å². The minimum atomic E-state index is -1.21. The average molecular weight is 420 g/mol. The Kier molecular flexibility index (Phi) is 5.36. The van der Waals surface area contributed by atoms with Crippen molar-refractivity contribution < 1.29 is 14.7 Å². The molecule has 0 atom stereocenters. The van der Waals surface area contributed by atoms with Crippen LogP contribution in [0.4, 0.5) is 0 Å². The monoisotopic (exact) mass is 420 g/mol. The normalized spacial score (nSPS) is 10.8. The molecule has 4 rings (SSSR count). The molecule has 2 N–H and O–H groups in total. The topological polar surface area (TPSA) is 114 Å². The number of rotatable bonds is 6. The molecular formula is C21H16N4O4S. The number of nitrogens with one attached hydrogen (secondary N) is 1. The Balaban J connectivity index is 1.75. The summed E-state index contributed by atoms with van der Waals surface area (Å²) < 4.78 is 1.21. The van der Waals surface area contributed by atoms with E-state index in [4.69, 9.17) is 0 Å². The van der Waals surface area contributed by atoms with E-state index in [2.05, 4.69) is 15.3 Å². The van der Waals surface area contributed by atoms with Crippen molar-refractivity contribution in [3.05, 3.63) is 81.7 Å². The lowest BCUT2D eigenvalue weighted by Crippen LogP contribution is -2.33. The molecule has 1 aromatic carbocycles. The molecule has 0 bridgehead atoms. The van der Waals surface area contributed by atoms with Gasteiger partial charge in [0.15, 0.2) is 0 Å². The predicted octanol–water partition coefficient (Wildman–Crippen LogP) is 2.53. The van der Waals surface area contributed by atoms with Crippen LogP contribution in [0.25, 0.3) is 21.6 Å². The molecule has 3 aromatic heterocycles. The number of aromatic carboxylic acids is 1. The minimum absolute atomic E-state index is 0.00108. The lowest BCUT2D eigenvalue weighted by atomic mass is 10.2. The minimum Gasteiger partial charge on any atom is -0.478 e. The molecule has 0 fully saturated rings. The molecule has 8 nitrogen and oxygen atoms in total.